The molecule has 1 aromatic carbocycles. The molecule has 0 aromatic heterocycles. The van der Waals surface area contributed by atoms with E-state index in [0.29, 0.717) is 6.42 Å². The summed E-state index contributed by atoms with van der Waals surface area (Å²) in [5, 5.41) is 9.56. The van der Waals surface area contributed by atoms with Crippen LogP contribution in [0, 0.1) is 0 Å². The number of aliphatic hydroxyl groups excluding tert-OH is 1. The molecular formula is C11H14ClNO3. The van der Waals surface area contributed by atoms with Crippen LogP contribution < -0.4 is 5.73 Å². The van der Waals surface area contributed by atoms with Gasteiger partial charge in [-0.05, 0) is 5.56 Å². The molecule has 0 spiro atoms. The van der Waals surface area contributed by atoms with Crippen molar-refractivity contribution in [3.63, 3.8) is 0 Å². The van der Waals surface area contributed by atoms with Gasteiger partial charge < -0.3 is 15.6 Å². The van der Waals surface area contributed by atoms with E-state index < -0.39 is 18.3 Å². The molecular weight excluding hydrogens is 230 g/mol. The normalized spacial score (nSPS) is 14.1. The topological polar surface area (TPSA) is 72.6 Å². The van der Waals surface area contributed by atoms with Gasteiger partial charge in [0.2, 0.25) is 0 Å². The molecule has 1 aromatic rings. The maximum Gasteiger partial charge on any atom is 0.404 e. The fraction of sp³-hybridized carbons (Fsp3) is 0.364. The van der Waals surface area contributed by atoms with E-state index in [9.17, 15) is 9.90 Å². The van der Waals surface area contributed by atoms with E-state index >= 15 is 0 Å². The van der Waals surface area contributed by atoms with Crippen LogP contribution in [0.2, 0.25) is 0 Å². The van der Waals surface area contributed by atoms with Crippen LogP contribution in [0.15, 0.2) is 30.3 Å². The highest BCUT2D eigenvalue weighted by Crippen LogP contribution is 2.10. The first kappa shape index (κ1) is 12.8. The number of amides is 1. The van der Waals surface area contributed by atoms with Crippen molar-refractivity contribution in [2.75, 3.05) is 5.88 Å². The summed E-state index contributed by atoms with van der Waals surface area (Å²) in [6.45, 7) is 0. The van der Waals surface area contributed by atoms with E-state index in [2.05, 4.69) is 0 Å². The van der Waals surface area contributed by atoms with Crippen LogP contribution in [0.5, 0.6) is 0 Å². The lowest BCUT2D eigenvalue weighted by Crippen LogP contribution is -2.36. The Morgan fingerprint density at radius 3 is 2.56 bits per heavy atom. The van der Waals surface area contributed by atoms with Gasteiger partial charge in [0.25, 0.3) is 0 Å². The summed E-state index contributed by atoms with van der Waals surface area (Å²) in [7, 11) is 0. The molecule has 5 heteroatoms. The minimum absolute atomic E-state index is 0.00915. The lowest BCUT2D eigenvalue weighted by atomic mass is 10.0. The molecule has 0 aliphatic carbocycles. The first-order valence-corrected chi connectivity index (χ1v) is 5.41. The average molecular weight is 244 g/mol. The van der Waals surface area contributed by atoms with Crippen molar-refractivity contribution in [3.8, 4) is 0 Å². The van der Waals surface area contributed by atoms with Gasteiger partial charge in [0.1, 0.15) is 12.2 Å². The van der Waals surface area contributed by atoms with Gasteiger partial charge in [-0.2, -0.15) is 0 Å². The predicted octanol–water partition coefficient (Wildman–Crippen LogP) is 1.29. The monoisotopic (exact) mass is 243 g/mol. The maximum absolute atomic E-state index is 10.7. The number of hydrogen-bond donors (Lipinski definition) is 2. The number of rotatable bonds is 5. The number of aliphatic hydroxyl groups is 1. The van der Waals surface area contributed by atoms with Crippen LogP contribution in [0.4, 0.5) is 4.79 Å². The molecule has 2 atom stereocenters. The minimum atomic E-state index is -0.922. The fourth-order valence-corrected chi connectivity index (χ4v) is 1.55. The summed E-state index contributed by atoms with van der Waals surface area (Å²) < 4.78 is 4.81. The van der Waals surface area contributed by atoms with E-state index in [1.165, 1.54) is 0 Å². The second-order valence-electron chi connectivity index (χ2n) is 3.39. The lowest BCUT2D eigenvalue weighted by Gasteiger charge is -2.20. The van der Waals surface area contributed by atoms with Crippen LogP contribution in [-0.2, 0) is 11.2 Å². The van der Waals surface area contributed by atoms with E-state index in [1.54, 1.807) is 0 Å². The Balaban J connectivity index is 2.67. The van der Waals surface area contributed by atoms with Crippen molar-refractivity contribution in [3.05, 3.63) is 35.9 Å². The summed E-state index contributed by atoms with van der Waals surface area (Å²) in [5.41, 5.74) is 5.87. The first-order valence-electron chi connectivity index (χ1n) is 4.87. The number of carbonyl (C=O) groups is 1. The Kier molecular flexibility index (Phi) is 5.08. The summed E-state index contributed by atoms with van der Waals surface area (Å²) in [5.74, 6) is -0.00915. The highest BCUT2D eigenvalue weighted by atomic mass is 35.5. The fourth-order valence-electron chi connectivity index (χ4n) is 1.35. The molecule has 0 unspecified atom stereocenters. The first-order chi connectivity index (χ1) is 7.63. The molecule has 0 aliphatic heterocycles. The van der Waals surface area contributed by atoms with Crippen molar-refractivity contribution in [2.45, 2.75) is 18.6 Å². The van der Waals surface area contributed by atoms with Crippen LogP contribution in [0.3, 0.4) is 0 Å². The zero-order valence-corrected chi connectivity index (χ0v) is 9.43. The largest absolute Gasteiger partial charge is 0.443 e. The third-order valence-electron chi connectivity index (χ3n) is 2.13. The molecule has 0 heterocycles. The summed E-state index contributed by atoms with van der Waals surface area (Å²) in [6.07, 6.45) is -2.16. The number of alkyl halides is 1. The van der Waals surface area contributed by atoms with Crippen LogP contribution >= 0.6 is 11.6 Å². The predicted molar refractivity (Wildman–Crippen MR) is 61.3 cm³/mol. The number of benzene rings is 1. The van der Waals surface area contributed by atoms with Gasteiger partial charge >= 0.3 is 6.09 Å². The third kappa shape index (κ3) is 4.08. The maximum atomic E-state index is 10.7. The van der Waals surface area contributed by atoms with Crippen LogP contribution in [0.1, 0.15) is 5.56 Å². The molecule has 4 nitrogen and oxygen atoms in total. The Hall–Kier alpha value is -1.26. The summed E-state index contributed by atoms with van der Waals surface area (Å²) in [6, 6.07) is 9.36. The number of hydrogen-bond acceptors (Lipinski definition) is 3. The van der Waals surface area contributed by atoms with Crippen molar-refractivity contribution >= 4 is 17.7 Å². The molecule has 0 saturated carbocycles. The average Bonchev–Trinajstić information content (AvgIpc) is 2.28. The number of carbonyl (C=O) groups excluding carboxylic acids is 1. The van der Waals surface area contributed by atoms with Crippen molar-refractivity contribution < 1.29 is 14.6 Å². The Morgan fingerprint density at radius 2 is 2.06 bits per heavy atom. The van der Waals surface area contributed by atoms with Crippen LogP contribution in [0.25, 0.3) is 0 Å². The number of nitrogens with two attached hydrogens (primary N) is 1. The SMILES string of the molecule is NC(=O)O[C@@H](Cc1ccccc1)[C@@H](O)CCl. The molecule has 1 rings (SSSR count). The van der Waals surface area contributed by atoms with Gasteiger partial charge in [-0.15, -0.1) is 11.6 Å². The van der Waals surface area contributed by atoms with E-state index in [0.717, 1.165) is 5.56 Å². The Bertz CT molecular complexity index is 331. The molecule has 0 aliphatic rings. The van der Waals surface area contributed by atoms with E-state index in [4.69, 9.17) is 22.1 Å². The standard InChI is InChI=1S/C11H14ClNO3/c12-7-9(14)10(16-11(13)15)6-8-4-2-1-3-5-8/h1-5,9-10,14H,6-7H2,(H2,13,15)/t9-,10-/m0/s1. The second-order valence-corrected chi connectivity index (χ2v) is 3.70. The van der Waals surface area contributed by atoms with E-state index in [1.807, 2.05) is 30.3 Å². The zero-order chi connectivity index (χ0) is 12.0. The molecule has 0 fully saturated rings. The molecule has 88 valence electrons. The summed E-state index contributed by atoms with van der Waals surface area (Å²) in [4.78, 5) is 10.7. The van der Waals surface area contributed by atoms with Gasteiger partial charge in [-0.25, -0.2) is 4.79 Å². The molecule has 3 N–H and O–H groups in total. The molecule has 0 saturated heterocycles. The van der Waals surface area contributed by atoms with Crippen molar-refractivity contribution in [1.82, 2.24) is 0 Å². The number of ether oxygens (including phenoxy) is 1. The highest BCUT2D eigenvalue weighted by molar-refractivity contribution is 6.18. The summed E-state index contributed by atoms with van der Waals surface area (Å²) >= 11 is 5.51. The Labute approximate surface area is 99.0 Å². The van der Waals surface area contributed by atoms with Crippen LogP contribution in [-0.4, -0.2) is 29.3 Å². The molecule has 0 radical (unpaired) electrons. The minimum Gasteiger partial charge on any atom is -0.443 e. The lowest BCUT2D eigenvalue weighted by molar-refractivity contribution is 0.0181. The van der Waals surface area contributed by atoms with Gasteiger partial charge in [0.05, 0.1) is 5.88 Å². The van der Waals surface area contributed by atoms with Gasteiger partial charge in [0.15, 0.2) is 0 Å². The smallest absolute Gasteiger partial charge is 0.404 e. The van der Waals surface area contributed by atoms with E-state index in [-0.39, 0.29) is 5.88 Å². The third-order valence-corrected chi connectivity index (χ3v) is 2.45. The van der Waals surface area contributed by atoms with Gasteiger partial charge in [-0.1, -0.05) is 30.3 Å². The number of halogens is 1. The molecule has 16 heavy (non-hydrogen) atoms. The van der Waals surface area contributed by atoms with Crippen molar-refractivity contribution in [2.24, 2.45) is 5.73 Å². The van der Waals surface area contributed by atoms with Crippen molar-refractivity contribution in [1.29, 1.82) is 0 Å². The molecule has 1 amide bonds. The number of primary amides is 1. The van der Waals surface area contributed by atoms with Gasteiger partial charge in [-0.3, -0.25) is 0 Å². The zero-order valence-electron chi connectivity index (χ0n) is 8.67. The Morgan fingerprint density at radius 1 is 1.44 bits per heavy atom. The second kappa shape index (κ2) is 6.35. The highest BCUT2D eigenvalue weighted by Gasteiger charge is 2.22. The van der Waals surface area contributed by atoms with Gasteiger partial charge in [0, 0.05) is 6.42 Å². The molecule has 0 bridgehead atoms. The quantitative estimate of drug-likeness (QED) is 0.766.